The highest BCUT2D eigenvalue weighted by molar-refractivity contribution is 6.33. The summed E-state index contributed by atoms with van der Waals surface area (Å²) < 4.78 is 10.3. The molecule has 0 amide bonds. The van der Waals surface area contributed by atoms with E-state index in [0.29, 0.717) is 18.5 Å². The number of morpholine rings is 1. The van der Waals surface area contributed by atoms with Crippen molar-refractivity contribution in [2.45, 2.75) is 20.0 Å². The fraction of sp³-hybridized carbons (Fsp3) is 0.636. The average Bonchev–Trinajstić information content (AvgIpc) is 2.39. The summed E-state index contributed by atoms with van der Waals surface area (Å²) in [5.41, 5.74) is 0. The lowest BCUT2D eigenvalue weighted by molar-refractivity contribution is 0.0109. The molecule has 1 saturated heterocycles. The Bertz CT molecular complexity index is 401. The minimum atomic E-state index is -1.86. The van der Waals surface area contributed by atoms with Crippen LogP contribution < -0.4 is 9.55 Å². The zero-order valence-electron chi connectivity index (χ0n) is 11.1. The van der Waals surface area contributed by atoms with E-state index >= 15 is 0 Å². The van der Waals surface area contributed by atoms with Gasteiger partial charge >= 0.3 is 7.32 Å². The maximum Gasteiger partial charge on any atom is 0.707 e. The summed E-state index contributed by atoms with van der Waals surface area (Å²) in [5, 5.41) is 17.3. The van der Waals surface area contributed by atoms with Gasteiger partial charge in [0.05, 0.1) is 25.1 Å². The van der Waals surface area contributed by atoms with Gasteiger partial charge < -0.3 is 24.3 Å². The van der Waals surface area contributed by atoms with E-state index in [4.69, 9.17) is 14.8 Å². The van der Waals surface area contributed by atoms with Gasteiger partial charge in [0, 0.05) is 13.1 Å². The summed E-state index contributed by atoms with van der Waals surface area (Å²) in [6.45, 7) is 6.38. The molecule has 0 unspecified atom stereocenters. The molecule has 2 heterocycles. The van der Waals surface area contributed by atoms with Gasteiger partial charge in [-0.25, -0.2) is 9.97 Å². The highest BCUT2D eigenvalue weighted by Gasteiger charge is 2.24. The van der Waals surface area contributed by atoms with E-state index < -0.39 is 7.32 Å². The fourth-order valence-electron chi connectivity index (χ4n) is 1.92. The predicted molar refractivity (Wildman–Crippen MR) is 69.6 cm³/mol. The molecular formula is C11H18BN3O4. The average molecular weight is 267 g/mol. The van der Waals surface area contributed by atoms with Crippen LogP contribution in [0.4, 0.5) is 5.95 Å². The van der Waals surface area contributed by atoms with E-state index in [0.717, 1.165) is 13.1 Å². The number of ether oxygens (including phenoxy) is 1. The van der Waals surface area contributed by atoms with Crippen molar-refractivity contribution < 1.29 is 19.4 Å². The van der Waals surface area contributed by atoms with Crippen LogP contribution in [-0.4, -0.2) is 53.1 Å². The van der Waals surface area contributed by atoms with Gasteiger partial charge in [-0.3, -0.25) is 0 Å². The van der Waals surface area contributed by atoms with E-state index in [-0.39, 0.29) is 11.9 Å². The van der Waals surface area contributed by atoms with Crippen molar-refractivity contribution in [2.75, 3.05) is 24.6 Å². The fourth-order valence-corrected chi connectivity index (χ4v) is 1.92. The van der Waals surface area contributed by atoms with Gasteiger partial charge in [0.25, 0.3) is 0 Å². The van der Waals surface area contributed by atoms with E-state index in [1.54, 1.807) is 0 Å². The quantitative estimate of drug-likeness (QED) is 0.723. The standard InChI is InChI=1S/C11H18BN3O4/c1-8(2)10-7-15(3-4-18-10)11-13-5-9(6-14-11)19-12(16)17/h5-6,8,10,16-17H,3-4,7H2,1-2H3/t10-/m1/s1. The first kappa shape index (κ1) is 14.0. The molecule has 2 N–H and O–H groups in total. The summed E-state index contributed by atoms with van der Waals surface area (Å²) in [6, 6.07) is 0. The molecule has 1 aliphatic rings. The van der Waals surface area contributed by atoms with Crippen LogP contribution in [0.3, 0.4) is 0 Å². The largest absolute Gasteiger partial charge is 0.707 e. The second-order valence-corrected chi connectivity index (χ2v) is 4.76. The summed E-state index contributed by atoms with van der Waals surface area (Å²) in [6.07, 6.45) is 3.01. The lowest BCUT2D eigenvalue weighted by Crippen LogP contribution is -2.45. The first-order valence-electron chi connectivity index (χ1n) is 6.27. The van der Waals surface area contributed by atoms with Gasteiger partial charge in [-0.05, 0) is 5.92 Å². The maximum atomic E-state index is 8.67. The number of hydrogen-bond acceptors (Lipinski definition) is 7. The minimum absolute atomic E-state index is 0.174. The topological polar surface area (TPSA) is 87.9 Å². The number of hydrogen-bond donors (Lipinski definition) is 2. The third kappa shape index (κ3) is 3.79. The van der Waals surface area contributed by atoms with Crippen LogP contribution in [0.25, 0.3) is 0 Å². The van der Waals surface area contributed by atoms with Crippen LogP contribution in [0, 0.1) is 5.92 Å². The Morgan fingerprint density at radius 2 is 2.11 bits per heavy atom. The van der Waals surface area contributed by atoms with E-state index in [9.17, 15) is 0 Å². The molecule has 1 atom stereocenters. The molecule has 0 aromatic carbocycles. The molecule has 1 aliphatic heterocycles. The number of anilines is 1. The highest BCUT2D eigenvalue weighted by Crippen LogP contribution is 2.18. The molecule has 0 saturated carbocycles. The van der Waals surface area contributed by atoms with E-state index in [1.165, 1.54) is 12.4 Å². The zero-order valence-corrected chi connectivity index (χ0v) is 11.1. The Hall–Kier alpha value is -1.38. The monoisotopic (exact) mass is 267 g/mol. The number of nitrogens with zero attached hydrogens (tertiary/aromatic N) is 3. The summed E-state index contributed by atoms with van der Waals surface area (Å²) >= 11 is 0. The molecule has 2 rings (SSSR count). The van der Waals surface area contributed by atoms with E-state index in [1.807, 2.05) is 4.90 Å². The molecule has 104 valence electrons. The molecule has 0 aliphatic carbocycles. The summed E-state index contributed by atoms with van der Waals surface area (Å²) in [4.78, 5) is 10.4. The smallest absolute Gasteiger partial charge is 0.509 e. The van der Waals surface area contributed by atoms with Crippen LogP contribution >= 0.6 is 0 Å². The number of aromatic nitrogens is 2. The van der Waals surface area contributed by atoms with Gasteiger partial charge in [-0.2, -0.15) is 0 Å². The first-order chi connectivity index (χ1) is 9.06. The molecule has 0 radical (unpaired) electrons. The molecule has 19 heavy (non-hydrogen) atoms. The Morgan fingerprint density at radius 3 is 2.68 bits per heavy atom. The van der Waals surface area contributed by atoms with Crippen LogP contribution in [0.5, 0.6) is 5.75 Å². The molecule has 7 nitrogen and oxygen atoms in total. The van der Waals surface area contributed by atoms with Crippen LogP contribution in [-0.2, 0) is 4.74 Å². The van der Waals surface area contributed by atoms with Crippen molar-refractivity contribution in [2.24, 2.45) is 5.92 Å². The molecule has 1 aromatic rings. The molecule has 0 bridgehead atoms. The van der Waals surface area contributed by atoms with Gasteiger partial charge in [0.15, 0.2) is 0 Å². The van der Waals surface area contributed by atoms with Crippen LogP contribution in [0.2, 0.25) is 0 Å². The van der Waals surface area contributed by atoms with Crippen molar-refractivity contribution in [1.82, 2.24) is 9.97 Å². The second kappa shape index (κ2) is 6.18. The molecular weight excluding hydrogens is 249 g/mol. The van der Waals surface area contributed by atoms with Crippen molar-refractivity contribution in [3.05, 3.63) is 12.4 Å². The van der Waals surface area contributed by atoms with Gasteiger partial charge in [0.1, 0.15) is 5.75 Å². The highest BCUT2D eigenvalue weighted by atomic mass is 16.6. The Labute approximate surface area is 112 Å². The normalized spacial score (nSPS) is 19.6. The lowest BCUT2D eigenvalue weighted by Gasteiger charge is -2.34. The lowest BCUT2D eigenvalue weighted by atomic mass is 10.1. The third-order valence-electron chi connectivity index (χ3n) is 2.98. The van der Waals surface area contributed by atoms with Crippen molar-refractivity contribution in [1.29, 1.82) is 0 Å². The SMILES string of the molecule is CC(C)[C@H]1CN(c2ncc(OB(O)O)cn2)CCO1. The number of rotatable bonds is 4. The van der Waals surface area contributed by atoms with Crippen LogP contribution in [0.1, 0.15) is 13.8 Å². The van der Waals surface area contributed by atoms with Gasteiger partial charge in [0.2, 0.25) is 5.95 Å². The Balaban J connectivity index is 2.01. The molecule has 8 heteroatoms. The third-order valence-corrected chi connectivity index (χ3v) is 2.98. The van der Waals surface area contributed by atoms with Gasteiger partial charge in [-0.1, -0.05) is 13.8 Å². The predicted octanol–water partition coefficient (Wildman–Crippen LogP) is -0.314. The molecule has 0 spiro atoms. The molecule has 1 fully saturated rings. The summed E-state index contributed by atoms with van der Waals surface area (Å²) in [7, 11) is -1.86. The maximum absolute atomic E-state index is 8.67. The molecule has 1 aromatic heterocycles. The second-order valence-electron chi connectivity index (χ2n) is 4.76. The van der Waals surface area contributed by atoms with Crippen molar-refractivity contribution >= 4 is 13.3 Å². The zero-order chi connectivity index (χ0) is 13.8. The minimum Gasteiger partial charge on any atom is -0.509 e. The van der Waals surface area contributed by atoms with Crippen molar-refractivity contribution in [3.63, 3.8) is 0 Å². The first-order valence-corrected chi connectivity index (χ1v) is 6.27. The van der Waals surface area contributed by atoms with Gasteiger partial charge in [-0.15, -0.1) is 0 Å². The van der Waals surface area contributed by atoms with E-state index in [2.05, 4.69) is 28.5 Å². The Kier molecular flexibility index (Phi) is 4.57. The summed E-state index contributed by atoms with van der Waals surface area (Å²) in [5.74, 6) is 1.25. The van der Waals surface area contributed by atoms with Crippen LogP contribution in [0.15, 0.2) is 12.4 Å². The Morgan fingerprint density at radius 1 is 1.42 bits per heavy atom. The van der Waals surface area contributed by atoms with Crippen molar-refractivity contribution in [3.8, 4) is 5.75 Å².